The van der Waals surface area contributed by atoms with Gasteiger partial charge < -0.3 is 48.7 Å². The molecule has 0 saturated carbocycles. The summed E-state index contributed by atoms with van der Waals surface area (Å²) in [6.45, 7) is 12.8. The molecule has 4 aromatic heterocycles. The third-order valence-electron chi connectivity index (χ3n) is 17.5. The minimum absolute atomic E-state index is 0.0195. The Hall–Kier alpha value is -8.44. The molecule has 88 heavy (non-hydrogen) atoms. The van der Waals surface area contributed by atoms with Crippen molar-refractivity contribution in [3.05, 3.63) is 179 Å². The van der Waals surface area contributed by atoms with Crippen molar-refractivity contribution in [3.8, 4) is 0 Å². The van der Waals surface area contributed by atoms with Gasteiger partial charge in [0.1, 0.15) is 24.4 Å². The molecule has 18 nitrogen and oxygen atoms in total. The number of carbonyl (C=O) groups excluding carboxylic acids is 2. The number of ether oxygens (including phenoxy) is 4. The van der Waals surface area contributed by atoms with Gasteiger partial charge in [0.25, 0.3) is 32.1 Å². The largest absolute Gasteiger partial charge is 0.353 e. The monoisotopic (exact) mass is 1220 g/mol. The Morgan fingerprint density at radius 1 is 0.477 bits per heavy atom. The summed E-state index contributed by atoms with van der Waals surface area (Å²) in [7, 11) is -8.02. The van der Waals surface area contributed by atoms with Crippen molar-refractivity contribution in [2.45, 2.75) is 114 Å². The van der Waals surface area contributed by atoms with Gasteiger partial charge in [0.15, 0.2) is 11.6 Å². The fourth-order valence-corrected chi connectivity index (χ4v) is 15.7. The molecule has 0 aliphatic carbocycles. The van der Waals surface area contributed by atoms with Gasteiger partial charge in [0, 0.05) is 78.2 Å². The van der Waals surface area contributed by atoms with Crippen LogP contribution in [0, 0.1) is 13.8 Å². The predicted octanol–water partition coefficient (Wildman–Crippen LogP) is 11.8. The highest BCUT2D eigenvalue weighted by Gasteiger charge is 2.46. The predicted molar refractivity (Wildman–Crippen MR) is 336 cm³/mol. The van der Waals surface area contributed by atoms with Crippen LogP contribution in [0.3, 0.4) is 0 Å². The van der Waals surface area contributed by atoms with E-state index in [1.54, 1.807) is 38.1 Å². The van der Waals surface area contributed by atoms with Gasteiger partial charge in [0.05, 0.1) is 69.3 Å². The van der Waals surface area contributed by atoms with Crippen LogP contribution in [0.15, 0.2) is 155 Å². The number of carbonyl (C=O) groups is 2. The van der Waals surface area contributed by atoms with Crippen molar-refractivity contribution < 1.29 is 53.7 Å². The lowest BCUT2D eigenvalue weighted by Crippen LogP contribution is -2.33. The van der Waals surface area contributed by atoms with E-state index in [0.29, 0.717) is 19.6 Å². The zero-order chi connectivity index (χ0) is 60.8. The fourth-order valence-electron chi connectivity index (χ4n) is 13.8. The Balaban J connectivity index is 0.000000112. The first-order valence-electron chi connectivity index (χ1n) is 29.3. The highest BCUT2D eigenvalue weighted by atomic mass is 32.2. The molecule has 4 N–H and O–H groups in total. The molecule has 17 rings (SSSR count). The summed E-state index contributed by atoms with van der Waals surface area (Å²) in [5.41, 5.74) is 14.6. The molecule has 2 saturated heterocycles. The molecule has 4 atom stereocenters. The van der Waals surface area contributed by atoms with E-state index < -0.39 is 44.0 Å². The maximum absolute atomic E-state index is 13.2. The highest BCUT2D eigenvalue weighted by molar-refractivity contribution is 7.87. The summed E-state index contributed by atoms with van der Waals surface area (Å²) >= 11 is 0. The van der Waals surface area contributed by atoms with Crippen LogP contribution < -0.4 is 10.6 Å². The molecule has 2 fully saturated rings. The van der Waals surface area contributed by atoms with Crippen LogP contribution in [-0.4, -0.2) is 97.0 Å². The first kappa shape index (κ1) is 56.1. The summed E-state index contributed by atoms with van der Waals surface area (Å²) < 4.78 is 89.2. The molecule has 5 aliphatic heterocycles. The number of hydrogen-bond acceptors (Lipinski definition) is 12. The number of H-pyrrole nitrogens is 2. The number of nitrogens with zero attached hydrogens (tertiary/aromatic N) is 2. The van der Waals surface area contributed by atoms with Crippen LogP contribution in [0.2, 0.25) is 0 Å². The van der Waals surface area contributed by atoms with E-state index in [1.807, 2.05) is 52.0 Å². The Morgan fingerprint density at radius 3 is 1.36 bits per heavy atom. The number of para-hydroxylation sites is 4. The third-order valence-corrected chi connectivity index (χ3v) is 20.1. The van der Waals surface area contributed by atoms with Gasteiger partial charge in [-0.2, -0.15) is 16.8 Å². The van der Waals surface area contributed by atoms with Crippen LogP contribution in [0.25, 0.3) is 87.2 Å². The first-order valence-corrected chi connectivity index (χ1v) is 32.2. The van der Waals surface area contributed by atoms with Gasteiger partial charge in [-0.1, -0.05) is 108 Å². The second kappa shape index (κ2) is 20.6. The van der Waals surface area contributed by atoms with Gasteiger partial charge in [0.2, 0.25) is 0 Å². The molecular weight excluding hydrogens is 1160 g/mol. The SMILES string of the molecule is CC1(C)O[C@@H]2Cn3c4ccccc4c4c5c(c6c7ccccc7n(c6c43)C[C@H]2O1)C(=O)NC5.Cc1ccc(S(=O)(=O)OC[C@H]2OC(C)(C)O[C@@H]2COS(=O)(=O)c2ccc(C)cc2)cc1.O=C1NCc2c1c1c3ccccc3[nH]c1c1[nH]c3ccccc3c21. The quantitative estimate of drug-likeness (QED) is 0.104. The maximum Gasteiger partial charge on any atom is 0.297 e. The van der Waals surface area contributed by atoms with Gasteiger partial charge in [-0.3, -0.25) is 18.0 Å². The molecule has 2 amide bonds. The van der Waals surface area contributed by atoms with Crippen molar-refractivity contribution in [1.82, 2.24) is 29.7 Å². The van der Waals surface area contributed by atoms with Crippen molar-refractivity contribution in [2.75, 3.05) is 13.2 Å². The summed E-state index contributed by atoms with van der Waals surface area (Å²) in [6, 6.07) is 45.9. The molecule has 0 radical (unpaired) electrons. The molecule has 8 aromatic carbocycles. The molecule has 0 unspecified atom stereocenters. The average Bonchev–Trinajstić information content (AvgIpc) is 1.61. The summed E-state index contributed by atoms with van der Waals surface area (Å²) in [6.07, 6.45) is -1.83. The van der Waals surface area contributed by atoms with E-state index in [4.69, 9.17) is 27.3 Å². The smallest absolute Gasteiger partial charge is 0.297 e. The van der Waals surface area contributed by atoms with E-state index in [9.17, 15) is 26.4 Å². The van der Waals surface area contributed by atoms with Gasteiger partial charge >= 0.3 is 0 Å². The Bertz CT molecular complexity index is 5050. The molecule has 0 spiro atoms. The lowest BCUT2D eigenvalue weighted by molar-refractivity contribution is -0.150. The number of benzene rings is 8. The van der Waals surface area contributed by atoms with Crippen LogP contribution in [0.1, 0.15) is 70.7 Å². The minimum Gasteiger partial charge on any atom is -0.353 e. The summed E-state index contributed by atoms with van der Waals surface area (Å²) in [4.78, 5) is 32.9. The molecule has 448 valence electrons. The number of amides is 2. The molecule has 9 heterocycles. The number of aromatic nitrogens is 4. The van der Waals surface area contributed by atoms with E-state index in [2.05, 4.69) is 103 Å². The van der Waals surface area contributed by atoms with Crippen molar-refractivity contribution in [2.24, 2.45) is 0 Å². The molecule has 0 bridgehead atoms. The zero-order valence-corrected chi connectivity index (χ0v) is 50.7. The minimum atomic E-state index is -4.01. The molecule has 12 aromatic rings. The van der Waals surface area contributed by atoms with E-state index in [-0.39, 0.29) is 47.0 Å². The first-order chi connectivity index (χ1) is 42.2. The molecule has 5 aliphatic rings. The summed E-state index contributed by atoms with van der Waals surface area (Å²) in [5.74, 6) is -1.64. The van der Waals surface area contributed by atoms with Crippen molar-refractivity contribution >= 4 is 119 Å². The van der Waals surface area contributed by atoms with Crippen LogP contribution in [0.5, 0.6) is 0 Å². The third kappa shape index (κ3) is 9.26. The lowest BCUT2D eigenvalue weighted by atomic mass is 9.97. The van der Waals surface area contributed by atoms with Crippen LogP contribution in [-0.2, 0) is 73.7 Å². The highest BCUT2D eigenvalue weighted by Crippen LogP contribution is 2.48. The Labute approximate surface area is 505 Å². The number of fused-ring (bicyclic) bond motifs is 20. The van der Waals surface area contributed by atoms with Crippen LogP contribution in [0.4, 0.5) is 0 Å². The number of nitrogens with one attached hydrogen (secondary N) is 4. The van der Waals surface area contributed by atoms with E-state index in [0.717, 1.165) is 100.0 Å². The average molecular weight is 1220 g/mol. The number of rotatable bonds is 8. The van der Waals surface area contributed by atoms with Gasteiger partial charge in [-0.25, -0.2) is 0 Å². The lowest BCUT2D eigenvalue weighted by Gasteiger charge is -2.24. The normalized spacial score (nSPS) is 20.1. The number of hydrogen-bond donors (Lipinski definition) is 4. The second-order valence-corrected chi connectivity index (χ2v) is 27.4. The van der Waals surface area contributed by atoms with Gasteiger partial charge in [-0.15, -0.1) is 0 Å². The standard InChI is InChI=1S/C27H23N3O3.C21H26O8S2.C20H13N3O/c1-27(2)32-19-12-29-17-9-5-3-7-14(17)21-16-11-28-26(31)23(16)22-15-8-4-6-10-18(15)30(13-20(19)33-27)25(22)24(21)29;1-15-5-9-17(10-6-15)30(22,23)26-13-19-20(29-21(3,4)28-19)14-27-31(24,25)18-11-7-16(2)8-12-18;24-20-17-12(9-21-20)15-10-5-1-3-7-13(10)22-18(15)19-16(17)11-6-2-4-8-14(11)23-19/h3-10,19-20H,11-13H2,1-2H3,(H,28,31);5-12,19-20H,13-14H2,1-4H3;1-8,22-23H,9H2,(H,21,24)/t2*19-,20-;/m11./s1. The van der Waals surface area contributed by atoms with Crippen molar-refractivity contribution in [1.29, 1.82) is 0 Å². The second-order valence-electron chi connectivity index (χ2n) is 24.1. The molecular formula is C68H62N6O12S2. The topological polar surface area (TPSA) is 223 Å². The van der Waals surface area contributed by atoms with Crippen LogP contribution >= 0.6 is 0 Å². The molecule has 20 heteroatoms. The Kier molecular flexibility index (Phi) is 13.1. The zero-order valence-electron chi connectivity index (χ0n) is 49.0. The number of aromatic amines is 2. The van der Waals surface area contributed by atoms with E-state index >= 15 is 0 Å². The Morgan fingerprint density at radius 2 is 0.864 bits per heavy atom. The number of aryl methyl sites for hydroxylation is 2. The fraction of sp³-hybridized carbons (Fsp3) is 0.265. The summed E-state index contributed by atoms with van der Waals surface area (Å²) in [5, 5.41) is 15.1. The van der Waals surface area contributed by atoms with Gasteiger partial charge in [-0.05, 0) is 101 Å². The van der Waals surface area contributed by atoms with E-state index in [1.165, 1.54) is 51.5 Å². The maximum atomic E-state index is 13.2. The van der Waals surface area contributed by atoms with Crippen molar-refractivity contribution in [3.63, 3.8) is 0 Å².